The third kappa shape index (κ3) is 4.60. The van der Waals surface area contributed by atoms with Gasteiger partial charge in [-0.3, -0.25) is 4.72 Å². The second kappa shape index (κ2) is 7.49. The molecule has 1 aromatic rings. The predicted molar refractivity (Wildman–Crippen MR) is 89.0 cm³/mol. The number of piperidine rings is 1. The van der Waals surface area contributed by atoms with E-state index in [4.69, 9.17) is 0 Å². The van der Waals surface area contributed by atoms with Gasteiger partial charge < -0.3 is 5.32 Å². The van der Waals surface area contributed by atoms with Crippen LogP contribution in [0.15, 0.2) is 29.2 Å². The maximum atomic E-state index is 12.4. The zero-order valence-corrected chi connectivity index (χ0v) is 14.1. The van der Waals surface area contributed by atoms with Gasteiger partial charge in [0.25, 0.3) is 0 Å². The highest BCUT2D eigenvalue weighted by Crippen LogP contribution is 2.22. The Morgan fingerprint density at radius 3 is 2.38 bits per heavy atom. The van der Waals surface area contributed by atoms with Crippen LogP contribution in [0.4, 0.5) is 5.69 Å². The molecule has 0 unspecified atom stereocenters. The monoisotopic (exact) mass is 329 g/mol. The molecule has 1 fully saturated rings. The Balaban J connectivity index is 1.95. The van der Waals surface area contributed by atoms with Crippen molar-refractivity contribution in [1.82, 2.24) is 9.62 Å². The van der Waals surface area contributed by atoms with Crippen LogP contribution in [0.2, 0.25) is 0 Å². The fourth-order valence-electron chi connectivity index (χ4n) is 2.51. The summed E-state index contributed by atoms with van der Waals surface area (Å²) in [6.45, 7) is 2.13. The minimum atomic E-state index is -3.44. The Kier molecular flexibility index (Phi) is 5.92. The van der Waals surface area contributed by atoms with Crippen molar-refractivity contribution in [2.24, 2.45) is 5.92 Å². The normalized spacial score (nSPS) is 17.8. The summed E-state index contributed by atoms with van der Waals surface area (Å²) in [5, 5.41) is 3.16. The van der Waals surface area contributed by atoms with E-state index in [1.807, 2.05) is 25.4 Å². The molecule has 1 aliphatic heterocycles. The van der Waals surface area contributed by atoms with Crippen LogP contribution in [0.3, 0.4) is 0 Å². The van der Waals surface area contributed by atoms with Gasteiger partial charge in [0.05, 0.1) is 0 Å². The summed E-state index contributed by atoms with van der Waals surface area (Å²) in [6.07, 6.45) is 3.81. The second-order valence-electron chi connectivity index (χ2n) is 5.24. The van der Waals surface area contributed by atoms with E-state index < -0.39 is 10.2 Å². The third-order valence-electron chi connectivity index (χ3n) is 3.74. The van der Waals surface area contributed by atoms with Crippen molar-refractivity contribution < 1.29 is 8.42 Å². The molecule has 1 aliphatic rings. The summed E-state index contributed by atoms with van der Waals surface area (Å²) in [4.78, 5) is 1.12. The minimum absolute atomic E-state index is 0.572. The average Bonchev–Trinajstić information content (AvgIpc) is 2.48. The van der Waals surface area contributed by atoms with Gasteiger partial charge in [0.2, 0.25) is 0 Å². The summed E-state index contributed by atoms with van der Waals surface area (Å²) >= 11 is 1.63. The van der Waals surface area contributed by atoms with E-state index in [1.165, 1.54) is 0 Å². The van der Waals surface area contributed by atoms with Crippen molar-refractivity contribution in [1.29, 1.82) is 0 Å². The van der Waals surface area contributed by atoms with Gasteiger partial charge in [-0.05, 0) is 62.9 Å². The van der Waals surface area contributed by atoms with Crippen LogP contribution in [-0.4, -0.2) is 45.7 Å². The highest BCUT2D eigenvalue weighted by Gasteiger charge is 2.27. The Morgan fingerprint density at radius 2 is 1.86 bits per heavy atom. The van der Waals surface area contributed by atoms with Crippen LogP contribution in [0.5, 0.6) is 0 Å². The first-order chi connectivity index (χ1) is 10.0. The summed E-state index contributed by atoms with van der Waals surface area (Å²) in [7, 11) is -1.50. The lowest BCUT2D eigenvalue weighted by molar-refractivity contribution is 0.272. The first kappa shape index (κ1) is 16.6. The highest BCUT2D eigenvalue weighted by molar-refractivity contribution is 7.98. The van der Waals surface area contributed by atoms with Gasteiger partial charge in [-0.1, -0.05) is 0 Å². The van der Waals surface area contributed by atoms with E-state index in [1.54, 1.807) is 28.2 Å². The molecule has 0 amide bonds. The van der Waals surface area contributed by atoms with Crippen LogP contribution in [0.25, 0.3) is 0 Å². The summed E-state index contributed by atoms with van der Waals surface area (Å²) in [5.41, 5.74) is 0.616. The SMILES string of the molecule is CNCC1CCN(S(=O)(=O)Nc2ccc(SC)cc2)CC1. The second-order valence-corrected chi connectivity index (χ2v) is 7.79. The molecule has 1 saturated heterocycles. The van der Waals surface area contributed by atoms with E-state index in [0.29, 0.717) is 24.7 Å². The van der Waals surface area contributed by atoms with Crippen LogP contribution in [0, 0.1) is 5.92 Å². The number of rotatable bonds is 6. The highest BCUT2D eigenvalue weighted by atomic mass is 32.2. The van der Waals surface area contributed by atoms with Gasteiger partial charge in [0.15, 0.2) is 0 Å². The molecule has 1 heterocycles. The molecule has 0 aliphatic carbocycles. The molecule has 118 valence electrons. The Labute approximate surface area is 131 Å². The lowest BCUT2D eigenvalue weighted by Crippen LogP contribution is -2.43. The van der Waals surface area contributed by atoms with Crippen molar-refractivity contribution in [2.75, 3.05) is 37.7 Å². The summed E-state index contributed by atoms with van der Waals surface area (Å²) in [6, 6.07) is 7.44. The van der Waals surface area contributed by atoms with Crippen molar-refractivity contribution in [3.8, 4) is 0 Å². The minimum Gasteiger partial charge on any atom is -0.319 e. The topological polar surface area (TPSA) is 61.4 Å². The van der Waals surface area contributed by atoms with Crippen LogP contribution >= 0.6 is 11.8 Å². The predicted octanol–water partition coefficient (Wildman–Crippen LogP) is 2.00. The average molecular weight is 329 g/mol. The number of thioether (sulfide) groups is 1. The lowest BCUT2D eigenvalue weighted by Gasteiger charge is -2.31. The number of benzene rings is 1. The smallest absolute Gasteiger partial charge is 0.301 e. The standard InChI is InChI=1S/C14H23N3O2S2/c1-15-11-12-7-9-17(10-8-12)21(18,19)16-13-3-5-14(20-2)6-4-13/h3-6,12,15-16H,7-11H2,1-2H3. The molecule has 0 atom stereocenters. The Bertz CT molecular complexity index is 538. The number of hydrogen-bond donors (Lipinski definition) is 2. The number of hydrogen-bond acceptors (Lipinski definition) is 4. The van der Waals surface area contributed by atoms with E-state index in [-0.39, 0.29) is 0 Å². The molecule has 2 N–H and O–H groups in total. The van der Waals surface area contributed by atoms with E-state index >= 15 is 0 Å². The third-order valence-corrected chi connectivity index (χ3v) is 6.03. The molecule has 0 saturated carbocycles. The Morgan fingerprint density at radius 1 is 1.24 bits per heavy atom. The molecule has 21 heavy (non-hydrogen) atoms. The summed E-state index contributed by atoms with van der Waals surface area (Å²) < 4.78 is 28.9. The lowest BCUT2D eigenvalue weighted by atomic mass is 9.98. The summed E-state index contributed by atoms with van der Waals surface area (Å²) in [5.74, 6) is 0.572. The van der Waals surface area contributed by atoms with Crippen molar-refractivity contribution in [3.05, 3.63) is 24.3 Å². The number of nitrogens with zero attached hydrogens (tertiary/aromatic N) is 1. The maximum absolute atomic E-state index is 12.4. The first-order valence-electron chi connectivity index (χ1n) is 7.11. The van der Waals surface area contributed by atoms with Crippen molar-refractivity contribution in [2.45, 2.75) is 17.7 Å². The largest absolute Gasteiger partial charge is 0.319 e. The van der Waals surface area contributed by atoms with E-state index in [2.05, 4.69) is 10.0 Å². The van der Waals surface area contributed by atoms with E-state index in [9.17, 15) is 8.42 Å². The molecular formula is C14H23N3O2S2. The molecule has 0 spiro atoms. The van der Waals surface area contributed by atoms with Crippen molar-refractivity contribution >= 4 is 27.7 Å². The fraction of sp³-hybridized carbons (Fsp3) is 0.571. The van der Waals surface area contributed by atoms with Crippen molar-refractivity contribution in [3.63, 3.8) is 0 Å². The quantitative estimate of drug-likeness (QED) is 0.784. The van der Waals surface area contributed by atoms with Gasteiger partial charge in [0.1, 0.15) is 0 Å². The maximum Gasteiger partial charge on any atom is 0.301 e. The number of nitrogens with one attached hydrogen (secondary N) is 2. The molecule has 5 nitrogen and oxygen atoms in total. The molecule has 1 aromatic carbocycles. The molecular weight excluding hydrogens is 306 g/mol. The zero-order chi connectivity index (χ0) is 15.3. The molecule has 2 rings (SSSR count). The van der Waals surface area contributed by atoms with Gasteiger partial charge in [-0.2, -0.15) is 12.7 Å². The van der Waals surface area contributed by atoms with Gasteiger partial charge in [-0.25, -0.2) is 0 Å². The van der Waals surface area contributed by atoms with Gasteiger partial charge in [-0.15, -0.1) is 11.8 Å². The molecule has 0 radical (unpaired) electrons. The van der Waals surface area contributed by atoms with Crippen LogP contribution < -0.4 is 10.0 Å². The number of anilines is 1. The van der Waals surface area contributed by atoms with Crippen LogP contribution in [-0.2, 0) is 10.2 Å². The molecule has 0 aromatic heterocycles. The van der Waals surface area contributed by atoms with E-state index in [0.717, 1.165) is 24.3 Å². The van der Waals surface area contributed by atoms with Gasteiger partial charge >= 0.3 is 10.2 Å². The Hall–Kier alpha value is -0.760. The fourth-order valence-corrected chi connectivity index (χ4v) is 4.18. The van der Waals surface area contributed by atoms with Gasteiger partial charge in [0, 0.05) is 23.7 Å². The van der Waals surface area contributed by atoms with Crippen LogP contribution in [0.1, 0.15) is 12.8 Å². The first-order valence-corrected chi connectivity index (χ1v) is 9.78. The zero-order valence-electron chi connectivity index (χ0n) is 12.5. The molecule has 7 heteroatoms. The molecule has 0 bridgehead atoms.